The number of halogens is 1. The van der Waals surface area contributed by atoms with Crippen LogP contribution >= 0.6 is 23.4 Å². The summed E-state index contributed by atoms with van der Waals surface area (Å²) in [5, 5.41) is 3.26. The topological polar surface area (TPSA) is 42.0 Å². The SMILES string of the molecule is CSCC(C)NC(=O)c1cc(C)nc(Cl)c1. The van der Waals surface area contributed by atoms with E-state index in [0.29, 0.717) is 10.7 Å². The van der Waals surface area contributed by atoms with Crippen LogP contribution in [0.2, 0.25) is 5.15 Å². The van der Waals surface area contributed by atoms with Crippen molar-refractivity contribution in [3.63, 3.8) is 0 Å². The lowest BCUT2D eigenvalue weighted by atomic mass is 10.2. The van der Waals surface area contributed by atoms with Crippen molar-refractivity contribution in [2.75, 3.05) is 12.0 Å². The number of amides is 1. The van der Waals surface area contributed by atoms with Gasteiger partial charge in [0.1, 0.15) is 5.15 Å². The summed E-state index contributed by atoms with van der Waals surface area (Å²) in [4.78, 5) is 15.8. The summed E-state index contributed by atoms with van der Waals surface area (Å²) in [5.74, 6) is 0.790. The highest BCUT2D eigenvalue weighted by Crippen LogP contribution is 2.10. The molecule has 3 nitrogen and oxygen atoms in total. The number of nitrogens with one attached hydrogen (secondary N) is 1. The van der Waals surface area contributed by atoms with Crippen LogP contribution < -0.4 is 5.32 Å². The molecule has 0 aromatic carbocycles. The van der Waals surface area contributed by atoms with Crippen molar-refractivity contribution in [1.82, 2.24) is 10.3 Å². The van der Waals surface area contributed by atoms with Gasteiger partial charge in [-0.05, 0) is 32.2 Å². The second-order valence-electron chi connectivity index (χ2n) is 3.65. The molecule has 5 heteroatoms. The first-order valence-corrected chi connectivity index (χ1v) is 6.74. The highest BCUT2D eigenvalue weighted by molar-refractivity contribution is 7.98. The normalized spacial score (nSPS) is 12.2. The zero-order valence-corrected chi connectivity index (χ0v) is 11.2. The summed E-state index contributed by atoms with van der Waals surface area (Å²) in [6.45, 7) is 3.79. The van der Waals surface area contributed by atoms with Crippen molar-refractivity contribution < 1.29 is 4.79 Å². The molecule has 0 saturated heterocycles. The molecular formula is C11H15ClN2OS. The fourth-order valence-corrected chi connectivity index (χ4v) is 2.19. The Hall–Kier alpha value is -0.740. The van der Waals surface area contributed by atoms with Gasteiger partial charge in [-0.15, -0.1) is 0 Å². The number of thioether (sulfide) groups is 1. The van der Waals surface area contributed by atoms with Crippen LogP contribution in [0.25, 0.3) is 0 Å². The van der Waals surface area contributed by atoms with E-state index in [9.17, 15) is 4.79 Å². The zero-order chi connectivity index (χ0) is 12.1. The number of carbonyl (C=O) groups excluding carboxylic acids is 1. The molecule has 0 aliphatic heterocycles. The first-order chi connectivity index (χ1) is 7.52. The molecule has 1 rings (SSSR count). The van der Waals surface area contributed by atoms with Gasteiger partial charge in [0, 0.05) is 23.1 Å². The van der Waals surface area contributed by atoms with Crippen LogP contribution in [0, 0.1) is 6.92 Å². The van der Waals surface area contributed by atoms with Crippen LogP contribution in [0.1, 0.15) is 23.0 Å². The van der Waals surface area contributed by atoms with Crippen molar-refractivity contribution in [3.05, 3.63) is 28.5 Å². The number of rotatable bonds is 4. The Morgan fingerprint density at radius 3 is 2.88 bits per heavy atom. The lowest BCUT2D eigenvalue weighted by Crippen LogP contribution is -2.34. The van der Waals surface area contributed by atoms with Gasteiger partial charge in [-0.25, -0.2) is 4.98 Å². The Morgan fingerprint density at radius 2 is 2.31 bits per heavy atom. The standard InChI is InChI=1S/C11H15ClN2OS/c1-7-4-9(5-10(12)13-7)11(15)14-8(2)6-16-3/h4-5,8H,6H2,1-3H3,(H,14,15). The Morgan fingerprint density at radius 1 is 1.62 bits per heavy atom. The van der Waals surface area contributed by atoms with Gasteiger partial charge in [0.2, 0.25) is 0 Å². The number of carbonyl (C=O) groups is 1. The van der Waals surface area contributed by atoms with Gasteiger partial charge in [-0.3, -0.25) is 4.79 Å². The third kappa shape index (κ3) is 4.02. The summed E-state index contributed by atoms with van der Waals surface area (Å²) in [5.41, 5.74) is 1.31. The van der Waals surface area contributed by atoms with E-state index in [1.165, 1.54) is 0 Å². The van der Waals surface area contributed by atoms with Crippen LogP contribution in [0.3, 0.4) is 0 Å². The van der Waals surface area contributed by atoms with Gasteiger partial charge in [0.15, 0.2) is 0 Å². The molecule has 1 aromatic heterocycles. The van der Waals surface area contributed by atoms with Gasteiger partial charge in [-0.2, -0.15) is 11.8 Å². The van der Waals surface area contributed by atoms with Crippen molar-refractivity contribution in [2.24, 2.45) is 0 Å². The Labute approximate surface area is 105 Å². The second kappa shape index (κ2) is 6.11. The molecule has 0 aliphatic carbocycles. The minimum absolute atomic E-state index is 0.103. The molecule has 0 aliphatic rings. The molecule has 0 bridgehead atoms. The molecular weight excluding hydrogens is 244 g/mol. The smallest absolute Gasteiger partial charge is 0.251 e. The van der Waals surface area contributed by atoms with E-state index in [1.807, 2.05) is 20.1 Å². The van der Waals surface area contributed by atoms with Crippen LogP contribution in [0.15, 0.2) is 12.1 Å². The molecule has 1 amide bonds. The van der Waals surface area contributed by atoms with E-state index in [4.69, 9.17) is 11.6 Å². The van der Waals surface area contributed by atoms with Gasteiger partial charge >= 0.3 is 0 Å². The van der Waals surface area contributed by atoms with E-state index in [0.717, 1.165) is 11.4 Å². The largest absolute Gasteiger partial charge is 0.349 e. The molecule has 1 heterocycles. The number of aromatic nitrogens is 1. The maximum absolute atomic E-state index is 11.8. The number of hydrogen-bond donors (Lipinski definition) is 1. The number of pyridine rings is 1. The van der Waals surface area contributed by atoms with Crippen LogP contribution in [-0.2, 0) is 0 Å². The predicted molar refractivity (Wildman–Crippen MR) is 69.3 cm³/mol. The maximum atomic E-state index is 11.8. The van der Waals surface area contributed by atoms with Crippen molar-refractivity contribution in [2.45, 2.75) is 19.9 Å². The number of hydrogen-bond acceptors (Lipinski definition) is 3. The maximum Gasteiger partial charge on any atom is 0.251 e. The van der Waals surface area contributed by atoms with Gasteiger partial charge in [0.05, 0.1) is 0 Å². The molecule has 1 atom stereocenters. The predicted octanol–water partition coefficient (Wildman–Crippen LogP) is 2.52. The van der Waals surface area contributed by atoms with E-state index in [2.05, 4.69) is 10.3 Å². The lowest BCUT2D eigenvalue weighted by molar-refractivity contribution is 0.0943. The molecule has 0 radical (unpaired) electrons. The lowest BCUT2D eigenvalue weighted by Gasteiger charge is -2.12. The minimum Gasteiger partial charge on any atom is -0.349 e. The van der Waals surface area contributed by atoms with Gasteiger partial charge in [-0.1, -0.05) is 11.6 Å². The minimum atomic E-state index is -0.103. The molecule has 1 N–H and O–H groups in total. The zero-order valence-electron chi connectivity index (χ0n) is 9.58. The van der Waals surface area contributed by atoms with Gasteiger partial charge in [0.25, 0.3) is 5.91 Å². The van der Waals surface area contributed by atoms with Gasteiger partial charge < -0.3 is 5.32 Å². The monoisotopic (exact) mass is 258 g/mol. The molecule has 0 spiro atoms. The summed E-state index contributed by atoms with van der Waals surface area (Å²) < 4.78 is 0. The molecule has 0 saturated carbocycles. The molecule has 88 valence electrons. The fraction of sp³-hybridized carbons (Fsp3) is 0.455. The fourth-order valence-electron chi connectivity index (χ4n) is 1.36. The first kappa shape index (κ1) is 13.3. The summed E-state index contributed by atoms with van der Waals surface area (Å²) in [6.07, 6.45) is 2.01. The summed E-state index contributed by atoms with van der Waals surface area (Å²) in [7, 11) is 0. The average molecular weight is 259 g/mol. The van der Waals surface area contributed by atoms with Crippen LogP contribution in [-0.4, -0.2) is 28.9 Å². The van der Waals surface area contributed by atoms with Crippen LogP contribution in [0.4, 0.5) is 0 Å². The van der Waals surface area contributed by atoms with E-state index in [-0.39, 0.29) is 11.9 Å². The third-order valence-corrected chi connectivity index (χ3v) is 3.01. The molecule has 16 heavy (non-hydrogen) atoms. The highest BCUT2D eigenvalue weighted by atomic mass is 35.5. The first-order valence-electron chi connectivity index (χ1n) is 4.97. The van der Waals surface area contributed by atoms with E-state index in [1.54, 1.807) is 23.9 Å². The second-order valence-corrected chi connectivity index (χ2v) is 4.95. The van der Waals surface area contributed by atoms with Crippen LogP contribution in [0.5, 0.6) is 0 Å². The molecule has 1 aromatic rings. The third-order valence-electron chi connectivity index (χ3n) is 1.98. The van der Waals surface area contributed by atoms with E-state index < -0.39 is 0 Å². The Balaban J connectivity index is 2.72. The Kier molecular flexibility index (Phi) is 5.09. The van der Waals surface area contributed by atoms with Crippen molar-refractivity contribution in [1.29, 1.82) is 0 Å². The van der Waals surface area contributed by atoms with Crippen molar-refractivity contribution in [3.8, 4) is 0 Å². The molecule has 0 fully saturated rings. The number of nitrogens with zero attached hydrogens (tertiary/aromatic N) is 1. The summed E-state index contributed by atoms with van der Waals surface area (Å²) >= 11 is 7.50. The number of aryl methyl sites for hydroxylation is 1. The highest BCUT2D eigenvalue weighted by Gasteiger charge is 2.10. The molecule has 1 unspecified atom stereocenters. The average Bonchev–Trinajstić information content (AvgIpc) is 2.16. The Bertz CT molecular complexity index is 364. The quantitative estimate of drug-likeness (QED) is 0.844. The summed E-state index contributed by atoms with van der Waals surface area (Å²) in [6, 6.07) is 3.46. The van der Waals surface area contributed by atoms with E-state index >= 15 is 0 Å². The van der Waals surface area contributed by atoms with Crippen molar-refractivity contribution >= 4 is 29.3 Å².